The number of hydrogen-bond acceptors (Lipinski definition) is 5. The van der Waals surface area contributed by atoms with Gasteiger partial charge in [-0.1, -0.05) is 5.21 Å². The van der Waals surface area contributed by atoms with Crippen molar-refractivity contribution < 1.29 is 14.7 Å². The first-order valence-electron chi connectivity index (χ1n) is 5.94. The molecule has 0 fully saturated rings. The average Bonchev–Trinajstić information content (AvgIpc) is 2.90. The van der Waals surface area contributed by atoms with E-state index in [2.05, 4.69) is 31.6 Å². The fourth-order valence-electron chi connectivity index (χ4n) is 1.60. The number of aromatic nitrogens is 3. The highest BCUT2D eigenvalue weighted by Crippen LogP contribution is 2.19. The highest BCUT2D eigenvalue weighted by Gasteiger charge is 2.11. The molecule has 4 N–H and O–H groups in total. The Labute approximate surface area is 128 Å². The van der Waals surface area contributed by atoms with E-state index >= 15 is 0 Å². The van der Waals surface area contributed by atoms with Crippen LogP contribution in [-0.4, -0.2) is 38.5 Å². The number of benzene rings is 1. The summed E-state index contributed by atoms with van der Waals surface area (Å²) >= 11 is 3.28. The minimum Gasteiger partial charge on any atom is -0.476 e. The molecular weight excluding hydrogens is 342 g/mol. The standard InChI is InChI=1S/C12H12BrN5O3/c13-9-2-1-7(14)5-8(9)11(19)15-3-4-18-6-10(12(20)21)16-17-18/h1-2,5-6H,3-4,14H2,(H,15,19)(H,20,21). The largest absolute Gasteiger partial charge is 0.476 e. The summed E-state index contributed by atoms with van der Waals surface area (Å²) in [6.45, 7) is 0.592. The molecule has 2 aromatic rings. The van der Waals surface area contributed by atoms with Gasteiger partial charge in [-0.15, -0.1) is 5.10 Å². The quantitative estimate of drug-likeness (QED) is 0.681. The van der Waals surface area contributed by atoms with Crippen molar-refractivity contribution >= 4 is 33.5 Å². The van der Waals surface area contributed by atoms with Crippen molar-refractivity contribution in [2.24, 2.45) is 0 Å². The summed E-state index contributed by atoms with van der Waals surface area (Å²) < 4.78 is 1.99. The topological polar surface area (TPSA) is 123 Å². The molecule has 0 bridgehead atoms. The zero-order valence-corrected chi connectivity index (χ0v) is 12.4. The molecule has 0 saturated carbocycles. The van der Waals surface area contributed by atoms with Gasteiger partial charge in [0.1, 0.15) is 0 Å². The predicted molar refractivity (Wildman–Crippen MR) is 77.9 cm³/mol. The smallest absolute Gasteiger partial charge is 0.358 e. The highest BCUT2D eigenvalue weighted by molar-refractivity contribution is 9.10. The fourth-order valence-corrected chi connectivity index (χ4v) is 2.03. The van der Waals surface area contributed by atoms with Gasteiger partial charge in [0.2, 0.25) is 0 Å². The molecule has 1 heterocycles. The van der Waals surface area contributed by atoms with E-state index in [-0.39, 0.29) is 18.1 Å². The second-order valence-electron chi connectivity index (χ2n) is 4.17. The van der Waals surface area contributed by atoms with Gasteiger partial charge in [0, 0.05) is 16.7 Å². The average molecular weight is 354 g/mol. The van der Waals surface area contributed by atoms with E-state index in [0.29, 0.717) is 22.3 Å². The number of amides is 1. The SMILES string of the molecule is Nc1ccc(Br)c(C(=O)NCCn2cc(C(=O)O)nn2)c1. The third-order valence-corrected chi connectivity index (χ3v) is 3.31. The number of carboxylic acids is 1. The summed E-state index contributed by atoms with van der Waals surface area (Å²) in [5.41, 5.74) is 6.42. The van der Waals surface area contributed by atoms with Gasteiger partial charge in [-0.05, 0) is 34.1 Å². The molecule has 1 aromatic carbocycles. The maximum Gasteiger partial charge on any atom is 0.358 e. The van der Waals surface area contributed by atoms with Crippen molar-refractivity contribution in [1.29, 1.82) is 0 Å². The molecule has 0 aliphatic rings. The molecule has 0 saturated heterocycles. The number of rotatable bonds is 5. The number of aromatic carboxylic acids is 1. The Kier molecular flexibility index (Phi) is 4.53. The molecule has 0 aliphatic heterocycles. The Morgan fingerprint density at radius 1 is 1.43 bits per heavy atom. The Balaban J connectivity index is 1.92. The van der Waals surface area contributed by atoms with Crippen LogP contribution in [-0.2, 0) is 6.54 Å². The molecular formula is C12H12BrN5O3. The lowest BCUT2D eigenvalue weighted by Crippen LogP contribution is -2.27. The first kappa shape index (κ1) is 15.0. The lowest BCUT2D eigenvalue weighted by atomic mass is 10.2. The molecule has 0 aliphatic carbocycles. The molecule has 0 spiro atoms. The lowest BCUT2D eigenvalue weighted by molar-refractivity contribution is 0.0690. The van der Waals surface area contributed by atoms with Crippen molar-refractivity contribution in [3.63, 3.8) is 0 Å². The van der Waals surface area contributed by atoms with Crippen LogP contribution in [0.15, 0.2) is 28.9 Å². The van der Waals surface area contributed by atoms with Crippen LogP contribution in [0.5, 0.6) is 0 Å². The van der Waals surface area contributed by atoms with Gasteiger partial charge in [0.25, 0.3) is 5.91 Å². The number of halogens is 1. The normalized spacial score (nSPS) is 10.3. The Morgan fingerprint density at radius 3 is 2.86 bits per heavy atom. The van der Waals surface area contributed by atoms with E-state index in [1.807, 2.05) is 0 Å². The van der Waals surface area contributed by atoms with Crippen molar-refractivity contribution in [3.05, 3.63) is 40.1 Å². The monoisotopic (exact) mass is 353 g/mol. The molecule has 9 heteroatoms. The summed E-state index contributed by atoms with van der Waals surface area (Å²) in [5, 5.41) is 18.5. The summed E-state index contributed by atoms with van der Waals surface area (Å²) in [7, 11) is 0. The number of carbonyl (C=O) groups excluding carboxylic acids is 1. The molecule has 0 unspecified atom stereocenters. The van der Waals surface area contributed by atoms with Crippen molar-refractivity contribution in [1.82, 2.24) is 20.3 Å². The van der Waals surface area contributed by atoms with E-state index < -0.39 is 5.97 Å². The Bertz CT molecular complexity index is 685. The first-order valence-corrected chi connectivity index (χ1v) is 6.73. The molecule has 110 valence electrons. The third kappa shape index (κ3) is 3.78. The predicted octanol–water partition coefficient (Wildman–Crippen LogP) is 0.751. The molecule has 8 nitrogen and oxygen atoms in total. The Morgan fingerprint density at radius 2 is 2.19 bits per heavy atom. The summed E-state index contributed by atoms with van der Waals surface area (Å²) in [6.07, 6.45) is 1.30. The van der Waals surface area contributed by atoms with Gasteiger partial charge in [0.15, 0.2) is 5.69 Å². The zero-order valence-electron chi connectivity index (χ0n) is 10.8. The van der Waals surface area contributed by atoms with Crippen LogP contribution in [0.3, 0.4) is 0 Å². The summed E-state index contributed by atoms with van der Waals surface area (Å²) in [6, 6.07) is 4.95. The fraction of sp³-hybridized carbons (Fsp3) is 0.167. The number of anilines is 1. The van der Waals surface area contributed by atoms with Gasteiger partial charge in [-0.25, -0.2) is 9.48 Å². The number of carbonyl (C=O) groups is 2. The third-order valence-electron chi connectivity index (χ3n) is 2.62. The first-order chi connectivity index (χ1) is 9.97. The van der Waals surface area contributed by atoms with Crippen molar-refractivity contribution in [2.75, 3.05) is 12.3 Å². The Hall–Kier alpha value is -2.42. The number of carboxylic acid groups (broad SMARTS) is 1. The van der Waals surface area contributed by atoms with Crippen LogP contribution in [0.2, 0.25) is 0 Å². The number of nitrogens with two attached hydrogens (primary N) is 1. The van der Waals surface area contributed by atoms with E-state index in [1.165, 1.54) is 10.9 Å². The van der Waals surface area contributed by atoms with Crippen molar-refractivity contribution in [3.8, 4) is 0 Å². The van der Waals surface area contributed by atoms with Crippen molar-refractivity contribution in [2.45, 2.75) is 6.54 Å². The van der Waals surface area contributed by atoms with E-state index in [4.69, 9.17) is 10.8 Å². The van der Waals surface area contributed by atoms with Crippen LogP contribution >= 0.6 is 15.9 Å². The van der Waals surface area contributed by atoms with Gasteiger partial charge in [-0.2, -0.15) is 0 Å². The number of hydrogen-bond donors (Lipinski definition) is 3. The van der Waals surface area contributed by atoms with Gasteiger partial charge in [0.05, 0.1) is 18.3 Å². The second-order valence-corrected chi connectivity index (χ2v) is 5.02. The lowest BCUT2D eigenvalue weighted by Gasteiger charge is -2.07. The van der Waals surface area contributed by atoms with E-state index in [0.717, 1.165) is 0 Å². The van der Waals surface area contributed by atoms with Crippen LogP contribution < -0.4 is 11.1 Å². The number of nitrogens with zero attached hydrogens (tertiary/aromatic N) is 3. The molecule has 0 atom stereocenters. The molecule has 1 amide bonds. The number of nitrogens with one attached hydrogen (secondary N) is 1. The van der Waals surface area contributed by atoms with Gasteiger partial charge >= 0.3 is 5.97 Å². The minimum atomic E-state index is -1.14. The van der Waals surface area contributed by atoms with Gasteiger partial charge < -0.3 is 16.2 Å². The van der Waals surface area contributed by atoms with Crippen LogP contribution in [0.1, 0.15) is 20.8 Å². The zero-order chi connectivity index (χ0) is 15.4. The van der Waals surface area contributed by atoms with Crippen LogP contribution in [0.25, 0.3) is 0 Å². The van der Waals surface area contributed by atoms with E-state index in [9.17, 15) is 9.59 Å². The summed E-state index contributed by atoms with van der Waals surface area (Å²) in [5.74, 6) is -1.43. The molecule has 1 aromatic heterocycles. The van der Waals surface area contributed by atoms with Gasteiger partial charge in [-0.3, -0.25) is 4.79 Å². The molecule has 21 heavy (non-hydrogen) atoms. The van der Waals surface area contributed by atoms with Crippen LogP contribution in [0, 0.1) is 0 Å². The molecule has 0 radical (unpaired) electrons. The maximum absolute atomic E-state index is 12.0. The van der Waals surface area contributed by atoms with E-state index in [1.54, 1.807) is 18.2 Å². The minimum absolute atomic E-state index is 0.139. The summed E-state index contributed by atoms with van der Waals surface area (Å²) in [4.78, 5) is 22.6. The number of nitrogen functional groups attached to an aromatic ring is 1. The maximum atomic E-state index is 12.0. The van der Waals surface area contributed by atoms with Crippen LogP contribution in [0.4, 0.5) is 5.69 Å². The molecule has 2 rings (SSSR count). The second kappa shape index (κ2) is 6.35. The highest BCUT2D eigenvalue weighted by atomic mass is 79.9.